The van der Waals surface area contributed by atoms with E-state index in [0.717, 1.165) is 49.9 Å². The Morgan fingerprint density at radius 1 is 1.15 bits per heavy atom. The van der Waals surface area contributed by atoms with Crippen LogP contribution in [0.3, 0.4) is 0 Å². The van der Waals surface area contributed by atoms with Gasteiger partial charge in [-0.25, -0.2) is 13.4 Å². The summed E-state index contributed by atoms with van der Waals surface area (Å²) < 4.78 is 36.4. The van der Waals surface area contributed by atoms with Gasteiger partial charge in [-0.2, -0.15) is 0 Å². The zero-order valence-electron chi connectivity index (χ0n) is 18.3. The molecular weight excluding hydrogens is 466 g/mol. The van der Waals surface area contributed by atoms with Crippen molar-refractivity contribution in [2.45, 2.75) is 42.7 Å². The van der Waals surface area contributed by atoms with Crippen LogP contribution in [0.2, 0.25) is 5.02 Å². The van der Waals surface area contributed by atoms with Crippen molar-refractivity contribution < 1.29 is 22.0 Å². The lowest BCUT2D eigenvalue weighted by Crippen LogP contribution is -2.46. The number of carbonyl (C=O) groups excluding carboxylic acids is 1. The lowest BCUT2D eigenvalue weighted by molar-refractivity contribution is 0.0891. The van der Waals surface area contributed by atoms with Gasteiger partial charge in [0.15, 0.2) is 17.2 Å². The van der Waals surface area contributed by atoms with Gasteiger partial charge in [-0.05, 0) is 69.0 Å². The lowest BCUT2D eigenvalue weighted by atomic mass is 9.86. The van der Waals surface area contributed by atoms with E-state index in [9.17, 15) is 13.2 Å². The van der Waals surface area contributed by atoms with Gasteiger partial charge in [0.2, 0.25) is 14.9 Å². The largest absolute Gasteiger partial charge is 0.440 e. The van der Waals surface area contributed by atoms with Gasteiger partial charge < -0.3 is 19.1 Å². The first-order valence-corrected chi connectivity index (χ1v) is 13.2. The van der Waals surface area contributed by atoms with Crippen LogP contribution >= 0.6 is 11.6 Å². The summed E-state index contributed by atoms with van der Waals surface area (Å²) in [6.07, 6.45) is 3.21. The van der Waals surface area contributed by atoms with Crippen LogP contribution in [0.25, 0.3) is 11.1 Å². The summed E-state index contributed by atoms with van der Waals surface area (Å²) in [5.74, 6) is 0.677. The van der Waals surface area contributed by atoms with Gasteiger partial charge in [-0.3, -0.25) is 4.79 Å². The molecule has 1 amide bonds. The number of hydrogen-bond acceptors (Lipinski definition) is 7. The van der Waals surface area contributed by atoms with Gasteiger partial charge in [0.1, 0.15) is 5.52 Å². The van der Waals surface area contributed by atoms with E-state index < -0.39 is 9.84 Å². The average molecular weight is 492 g/mol. The van der Waals surface area contributed by atoms with Crippen LogP contribution in [-0.4, -0.2) is 56.1 Å². The van der Waals surface area contributed by atoms with Crippen molar-refractivity contribution in [2.75, 3.05) is 25.9 Å². The number of rotatable bonds is 6. The maximum Gasteiger partial charge on any atom is 0.287 e. The molecule has 2 aliphatic rings. The number of halogens is 1. The Hall–Kier alpha value is -2.36. The number of likely N-dealkylation sites (tertiary alicyclic amines) is 1. The summed E-state index contributed by atoms with van der Waals surface area (Å²) in [7, 11) is -1.59. The Labute approximate surface area is 197 Å². The molecule has 1 aromatic carbocycles. The van der Waals surface area contributed by atoms with Gasteiger partial charge >= 0.3 is 0 Å². The van der Waals surface area contributed by atoms with Crippen molar-refractivity contribution in [1.29, 1.82) is 0 Å². The Balaban J connectivity index is 1.16. The fraction of sp³-hybridized carbons (Fsp3) is 0.478. The molecular formula is C23H26ClN3O5S. The molecule has 3 heterocycles. The van der Waals surface area contributed by atoms with Crippen molar-refractivity contribution in [3.63, 3.8) is 0 Å². The van der Waals surface area contributed by atoms with Gasteiger partial charge in [0, 0.05) is 30.1 Å². The molecule has 2 aromatic heterocycles. The highest BCUT2D eigenvalue weighted by molar-refractivity contribution is 7.91. The summed E-state index contributed by atoms with van der Waals surface area (Å²) in [5.41, 5.74) is 1.47. The summed E-state index contributed by atoms with van der Waals surface area (Å²) in [6.45, 7) is 1.51. The van der Waals surface area contributed by atoms with E-state index in [0.29, 0.717) is 10.9 Å². The first kappa shape index (κ1) is 22.4. The second kappa shape index (κ2) is 8.77. The van der Waals surface area contributed by atoms with Crippen LogP contribution in [-0.2, 0) is 9.84 Å². The monoisotopic (exact) mass is 491 g/mol. The predicted octanol–water partition coefficient (Wildman–Crippen LogP) is 3.87. The summed E-state index contributed by atoms with van der Waals surface area (Å²) >= 11 is 6.03. The Morgan fingerprint density at radius 2 is 1.91 bits per heavy atom. The van der Waals surface area contributed by atoms with Crippen LogP contribution in [0, 0.1) is 5.92 Å². The van der Waals surface area contributed by atoms with E-state index in [4.69, 9.17) is 20.4 Å². The minimum atomic E-state index is -3.54. The molecule has 3 aromatic rings. The number of nitrogens with zero attached hydrogens (tertiary/aromatic N) is 2. The molecule has 0 spiro atoms. The standard InChI is InChI=1S/C23H26ClN3O5S/c1-27-11-14(12-27)13-33(29,30)21-9-8-20(31-21)22(28)25-17-5-2-15(3-6-17)23-26-18-10-16(24)4-7-19(18)32-23/h4,7-10,14-15,17H,2-3,5-6,11-13H2,1H3,(H,25,28). The second-order valence-corrected chi connectivity index (χ2v) is 11.6. The van der Waals surface area contributed by atoms with Gasteiger partial charge in [-0.15, -0.1) is 0 Å². The molecule has 33 heavy (non-hydrogen) atoms. The third-order valence-electron chi connectivity index (χ3n) is 6.48. The number of nitrogens with one attached hydrogen (secondary N) is 1. The highest BCUT2D eigenvalue weighted by Crippen LogP contribution is 2.34. The molecule has 0 bridgehead atoms. The number of furan rings is 1. The molecule has 0 atom stereocenters. The number of hydrogen-bond donors (Lipinski definition) is 1. The summed E-state index contributed by atoms with van der Waals surface area (Å²) in [6, 6.07) is 8.19. The molecule has 176 valence electrons. The average Bonchev–Trinajstić information content (AvgIpc) is 3.41. The van der Waals surface area contributed by atoms with Crippen LogP contribution in [0.1, 0.15) is 48.0 Å². The maximum absolute atomic E-state index is 12.6. The highest BCUT2D eigenvalue weighted by atomic mass is 35.5. The van der Waals surface area contributed by atoms with Crippen LogP contribution in [0.5, 0.6) is 0 Å². The molecule has 8 nitrogen and oxygen atoms in total. The zero-order valence-corrected chi connectivity index (χ0v) is 19.9. The molecule has 10 heteroatoms. The van der Waals surface area contributed by atoms with E-state index in [1.807, 2.05) is 13.1 Å². The van der Waals surface area contributed by atoms with E-state index in [2.05, 4.69) is 15.2 Å². The van der Waals surface area contributed by atoms with E-state index in [1.165, 1.54) is 12.1 Å². The third-order valence-corrected chi connectivity index (χ3v) is 8.46. The SMILES string of the molecule is CN1CC(CS(=O)(=O)c2ccc(C(=O)NC3CCC(c4nc5cc(Cl)ccc5o4)CC3)o2)C1. The third kappa shape index (κ3) is 4.81. The number of benzene rings is 1. The molecule has 2 fully saturated rings. The van der Waals surface area contributed by atoms with Crippen molar-refractivity contribution in [2.24, 2.45) is 5.92 Å². The normalized spacial score (nSPS) is 22.4. The molecule has 1 aliphatic heterocycles. The topological polar surface area (TPSA) is 106 Å². The summed E-state index contributed by atoms with van der Waals surface area (Å²) in [4.78, 5) is 19.3. The number of carbonyl (C=O) groups is 1. The minimum Gasteiger partial charge on any atom is -0.440 e. The van der Waals surface area contributed by atoms with Crippen LogP contribution in [0.4, 0.5) is 0 Å². The molecule has 1 saturated heterocycles. The molecule has 1 N–H and O–H groups in total. The van der Waals surface area contributed by atoms with Crippen LogP contribution in [0.15, 0.2) is 44.3 Å². The molecule has 0 unspecified atom stereocenters. The Kier molecular flexibility index (Phi) is 5.96. The van der Waals surface area contributed by atoms with Gasteiger partial charge in [0.05, 0.1) is 5.75 Å². The Morgan fingerprint density at radius 3 is 2.64 bits per heavy atom. The zero-order chi connectivity index (χ0) is 23.2. The minimum absolute atomic E-state index is 0.0109. The van der Waals surface area contributed by atoms with E-state index >= 15 is 0 Å². The second-order valence-electron chi connectivity index (χ2n) is 9.17. The van der Waals surface area contributed by atoms with Crippen molar-refractivity contribution >= 4 is 38.4 Å². The molecule has 0 radical (unpaired) electrons. The number of oxazole rings is 1. The number of fused-ring (bicyclic) bond motifs is 1. The quantitative estimate of drug-likeness (QED) is 0.558. The van der Waals surface area contributed by atoms with Crippen molar-refractivity contribution in [1.82, 2.24) is 15.2 Å². The van der Waals surface area contributed by atoms with Crippen molar-refractivity contribution in [3.8, 4) is 0 Å². The van der Waals surface area contributed by atoms with Gasteiger partial charge in [-0.1, -0.05) is 11.6 Å². The Bertz CT molecular complexity index is 1270. The molecule has 1 aliphatic carbocycles. The summed E-state index contributed by atoms with van der Waals surface area (Å²) in [5, 5.41) is 3.46. The highest BCUT2D eigenvalue weighted by Gasteiger charge is 2.32. The van der Waals surface area contributed by atoms with E-state index in [1.54, 1.807) is 12.1 Å². The fourth-order valence-corrected chi connectivity index (χ4v) is 6.42. The lowest BCUT2D eigenvalue weighted by Gasteiger charge is -2.35. The smallest absolute Gasteiger partial charge is 0.287 e. The predicted molar refractivity (Wildman–Crippen MR) is 123 cm³/mol. The first-order valence-electron chi connectivity index (χ1n) is 11.1. The molecule has 1 saturated carbocycles. The number of sulfone groups is 1. The maximum atomic E-state index is 12.6. The fourth-order valence-electron chi connectivity index (χ4n) is 4.77. The number of amides is 1. The number of aromatic nitrogens is 1. The molecule has 5 rings (SSSR count). The van der Waals surface area contributed by atoms with Crippen LogP contribution < -0.4 is 5.32 Å². The van der Waals surface area contributed by atoms with Crippen molar-refractivity contribution in [3.05, 3.63) is 47.0 Å². The first-order chi connectivity index (χ1) is 15.8. The van der Waals surface area contributed by atoms with Gasteiger partial charge in [0.25, 0.3) is 5.91 Å². The van der Waals surface area contributed by atoms with E-state index in [-0.39, 0.29) is 40.4 Å².